The third kappa shape index (κ3) is 6.49. The van der Waals surface area contributed by atoms with Crippen molar-refractivity contribution in [2.75, 3.05) is 13.6 Å². The Bertz CT molecular complexity index is 842. The second-order valence-electron chi connectivity index (χ2n) is 12.7. The molecule has 4 saturated carbocycles. The van der Waals surface area contributed by atoms with E-state index in [0.717, 1.165) is 41.7 Å². The molecule has 8 unspecified atom stereocenters. The molecule has 4 aliphatic rings. The van der Waals surface area contributed by atoms with Crippen LogP contribution in [0.5, 0.6) is 0 Å². The number of hydrogen-bond acceptors (Lipinski definition) is 2. The summed E-state index contributed by atoms with van der Waals surface area (Å²) in [5, 5.41) is 10.2. The zero-order chi connectivity index (χ0) is 27.8. The molecule has 208 valence electrons. The Morgan fingerprint density at radius 2 is 1.70 bits per heavy atom. The summed E-state index contributed by atoms with van der Waals surface area (Å²) in [5.41, 5.74) is 1.72. The van der Waals surface area contributed by atoms with Crippen LogP contribution in [0.25, 0.3) is 0 Å². The number of hydrogen-bond donors (Lipinski definition) is 0. The monoisotopic (exact) mass is 506 g/mol. The van der Waals surface area contributed by atoms with E-state index >= 15 is 0 Å². The van der Waals surface area contributed by atoms with E-state index in [2.05, 4.69) is 44.2 Å². The zero-order valence-corrected chi connectivity index (χ0v) is 25.7. The maximum absolute atomic E-state index is 10.2. The Morgan fingerprint density at radius 1 is 1.03 bits per heavy atom. The lowest BCUT2D eigenvalue weighted by atomic mass is 9.47. The predicted octanol–water partition coefficient (Wildman–Crippen LogP) is 9.50. The van der Waals surface area contributed by atoms with Crippen LogP contribution in [0.3, 0.4) is 0 Å². The van der Waals surface area contributed by atoms with E-state index in [9.17, 15) is 5.26 Å². The predicted molar refractivity (Wildman–Crippen MR) is 161 cm³/mol. The molecule has 0 spiro atoms. The zero-order valence-electron chi connectivity index (χ0n) is 25.7. The summed E-state index contributed by atoms with van der Waals surface area (Å²) < 4.78 is 0. The Labute approximate surface area is 231 Å². The average molecular weight is 507 g/mol. The van der Waals surface area contributed by atoms with E-state index in [0.29, 0.717) is 16.7 Å². The van der Waals surface area contributed by atoms with Crippen LogP contribution < -0.4 is 0 Å². The van der Waals surface area contributed by atoms with Crippen LogP contribution in [0.1, 0.15) is 113 Å². The van der Waals surface area contributed by atoms with E-state index in [1.807, 2.05) is 40.9 Å². The van der Waals surface area contributed by atoms with Crippen molar-refractivity contribution in [2.45, 2.75) is 113 Å². The SMILES string of the molecule is C#C/C(C=C)=C/N(C)CC(C#N)C1CCC2C3CCC4C[C@](C)(CC)CCC4C3CCC12C.CC.CC. The number of allylic oxidation sites excluding steroid dienone is 2. The molecule has 0 aromatic rings. The van der Waals surface area contributed by atoms with Crippen molar-refractivity contribution in [2.24, 2.45) is 52.3 Å². The number of nitriles is 1. The minimum atomic E-state index is 0.0675. The highest BCUT2D eigenvalue weighted by Crippen LogP contribution is 2.66. The molecule has 0 N–H and O–H groups in total. The number of fused-ring (bicyclic) bond motifs is 5. The van der Waals surface area contributed by atoms with Gasteiger partial charge < -0.3 is 4.90 Å². The Morgan fingerprint density at radius 3 is 2.30 bits per heavy atom. The number of nitrogens with zero attached hydrogens (tertiary/aromatic N) is 2. The Kier molecular flexibility index (Phi) is 11.9. The lowest BCUT2D eigenvalue weighted by Crippen LogP contribution is -2.50. The molecule has 2 nitrogen and oxygen atoms in total. The van der Waals surface area contributed by atoms with E-state index < -0.39 is 0 Å². The topological polar surface area (TPSA) is 27.0 Å². The Balaban J connectivity index is 0.00000115. The molecule has 4 fully saturated rings. The van der Waals surface area contributed by atoms with Crippen molar-refractivity contribution < 1.29 is 0 Å². The fourth-order valence-corrected chi connectivity index (χ4v) is 9.22. The highest BCUT2D eigenvalue weighted by Gasteiger charge is 2.58. The van der Waals surface area contributed by atoms with Crippen LogP contribution in [-0.2, 0) is 0 Å². The van der Waals surface area contributed by atoms with Gasteiger partial charge >= 0.3 is 0 Å². The third-order valence-electron chi connectivity index (χ3n) is 11.2. The second kappa shape index (κ2) is 13.9. The van der Waals surface area contributed by atoms with Gasteiger partial charge in [-0.2, -0.15) is 5.26 Å². The molecule has 0 aromatic carbocycles. The van der Waals surface area contributed by atoms with Crippen molar-refractivity contribution in [3.8, 4) is 18.4 Å². The van der Waals surface area contributed by atoms with Crippen molar-refractivity contribution >= 4 is 0 Å². The summed E-state index contributed by atoms with van der Waals surface area (Å²) in [6, 6.07) is 2.73. The second-order valence-corrected chi connectivity index (χ2v) is 12.7. The van der Waals surface area contributed by atoms with Gasteiger partial charge in [0.05, 0.1) is 12.0 Å². The summed E-state index contributed by atoms with van der Waals surface area (Å²) in [4.78, 5) is 2.12. The van der Waals surface area contributed by atoms with Gasteiger partial charge in [0, 0.05) is 25.4 Å². The van der Waals surface area contributed by atoms with Crippen LogP contribution >= 0.6 is 0 Å². The first-order valence-corrected chi connectivity index (χ1v) is 15.7. The first-order valence-electron chi connectivity index (χ1n) is 15.7. The van der Waals surface area contributed by atoms with Crippen molar-refractivity contribution in [3.05, 3.63) is 24.4 Å². The Hall–Kier alpha value is -1.67. The van der Waals surface area contributed by atoms with Gasteiger partial charge in [0.2, 0.25) is 0 Å². The number of rotatable bonds is 6. The van der Waals surface area contributed by atoms with Crippen LogP contribution in [-0.4, -0.2) is 18.5 Å². The van der Waals surface area contributed by atoms with E-state index in [1.54, 1.807) is 6.08 Å². The van der Waals surface area contributed by atoms with Gasteiger partial charge in [-0.15, -0.1) is 6.42 Å². The largest absolute Gasteiger partial charge is 0.378 e. The lowest BCUT2D eigenvalue weighted by Gasteiger charge is -2.57. The van der Waals surface area contributed by atoms with Gasteiger partial charge in [-0.25, -0.2) is 0 Å². The molecule has 9 atom stereocenters. The smallest absolute Gasteiger partial charge is 0.0677 e. The highest BCUT2D eigenvalue weighted by molar-refractivity contribution is 5.34. The molecule has 0 heterocycles. The molecule has 4 aliphatic carbocycles. The minimum Gasteiger partial charge on any atom is -0.378 e. The van der Waals surface area contributed by atoms with Crippen LogP contribution in [0.4, 0.5) is 0 Å². The molecule has 0 bridgehead atoms. The summed E-state index contributed by atoms with van der Waals surface area (Å²) in [5.74, 6) is 7.91. The molecule has 0 aromatic heterocycles. The van der Waals surface area contributed by atoms with Crippen LogP contribution in [0, 0.1) is 75.9 Å². The molecule has 0 aliphatic heterocycles. The highest BCUT2D eigenvalue weighted by atomic mass is 15.1. The van der Waals surface area contributed by atoms with E-state index in [4.69, 9.17) is 6.42 Å². The van der Waals surface area contributed by atoms with Gasteiger partial charge in [0.25, 0.3) is 0 Å². The molecule has 0 amide bonds. The minimum absolute atomic E-state index is 0.0675. The summed E-state index contributed by atoms with van der Waals surface area (Å²) in [6.45, 7) is 20.1. The van der Waals surface area contributed by atoms with Gasteiger partial charge in [0.15, 0.2) is 0 Å². The lowest BCUT2D eigenvalue weighted by molar-refractivity contribution is -0.0820. The van der Waals surface area contributed by atoms with E-state index in [-0.39, 0.29) is 5.92 Å². The average Bonchev–Trinajstić information content (AvgIpc) is 3.29. The molecule has 37 heavy (non-hydrogen) atoms. The fraction of sp³-hybridized carbons (Fsp3) is 0.800. The van der Waals surface area contributed by atoms with E-state index in [1.165, 1.54) is 64.2 Å². The molecular formula is C35H58N2. The summed E-state index contributed by atoms with van der Waals surface area (Å²) in [6.07, 6.45) is 23.2. The van der Waals surface area contributed by atoms with Crippen LogP contribution in [0.2, 0.25) is 0 Å². The van der Waals surface area contributed by atoms with Gasteiger partial charge in [-0.3, -0.25) is 0 Å². The molecule has 0 radical (unpaired) electrons. The molecule has 2 heteroatoms. The first-order chi connectivity index (χ1) is 17.8. The molecular weight excluding hydrogens is 448 g/mol. The van der Waals surface area contributed by atoms with Crippen LogP contribution in [0.15, 0.2) is 24.4 Å². The van der Waals surface area contributed by atoms with Gasteiger partial charge in [-0.1, -0.05) is 73.5 Å². The molecule has 4 rings (SSSR count). The number of terminal acetylenes is 1. The van der Waals surface area contributed by atoms with Crippen molar-refractivity contribution in [1.82, 2.24) is 4.90 Å². The molecule has 0 saturated heterocycles. The fourth-order valence-electron chi connectivity index (χ4n) is 9.22. The van der Waals surface area contributed by atoms with Gasteiger partial charge in [0.1, 0.15) is 0 Å². The quantitative estimate of drug-likeness (QED) is 0.265. The maximum atomic E-state index is 10.2. The normalized spacial score (nSPS) is 38.9. The van der Waals surface area contributed by atoms with Crippen molar-refractivity contribution in [1.29, 1.82) is 5.26 Å². The van der Waals surface area contributed by atoms with Crippen molar-refractivity contribution in [3.63, 3.8) is 0 Å². The summed E-state index contributed by atoms with van der Waals surface area (Å²) in [7, 11) is 2.05. The maximum Gasteiger partial charge on any atom is 0.0677 e. The standard InChI is InChI=1S/C31H46N2.2C2H6/c1-7-22(8-2)20-33(6)21-24(19-32)28-12-13-29-27-11-10-23-18-30(4,9-3)16-14-25(23)26(27)15-17-31(28,29)5;2*1-2/h1,8,20,23-29H,2,9-18,21H2,3-6H3;2*1-2H3/b22-20-;;/t23?,24?,25?,26?,27?,28?,29?,30-,31?;;/m1../s1. The first kappa shape index (κ1) is 31.5. The summed E-state index contributed by atoms with van der Waals surface area (Å²) >= 11 is 0. The third-order valence-corrected chi connectivity index (χ3v) is 11.2. The van der Waals surface area contributed by atoms with Gasteiger partial charge in [-0.05, 0) is 104 Å².